The fraction of sp³-hybridized carbons (Fsp3) is 0.143. The molecule has 0 atom stereocenters. The van der Waals surface area contributed by atoms with Gasteiger partial charge < -0.3 is 5.11 Å². The molecule has 98 valence electrons. The number of rotatable bonds is 4. The van der Waals surface area contributed by atoms with Crippen LogP contribution >= 0.6 is 11.8 Å². The molecule has 0 bridgehead atoms. The van der Waals surface area contributed by atoms with Crippen LogP contribution in [0, 0.1) is 17.0 Å². The zero-order chi connectivity index (χ0) is 13.8. The Morgan fingerprint density at radius 2 is 1.89 bits per heavy atom. The minimum Gasteiger partial charge on any atom is -0.392 e. The van der Waals surface area contributed by atoms with Crippen LogP contribution < -0.4 is 0 Å². The second kappa shape index (κ2) is 5.86. The zero-order valence-corrected chi connectivity index (χ0v) is 11.2. The van der Waals surface area contributed by atoms with E-state index < -0.39 is 4.92 Å². The number of nitrogens with zero attached hydrogens (tertiary/aromatic N) is 1. The van der Waals surface area contributed by atoms with Crippen LogP contribution in [0.2, 0.25) is 0 Å². The van der Waals surface area contributed by atoms with Gasteiger partial charge in [-0.2, -0.15) is 0 Å². The van der Waals surface area contributed by atoms with Gasteiger partial charge in [0.25, 0.3) is 5.69 Å². The highest BCUT2D eigenvalue weighted by molar-refractivity contribution is 7.99. The summed E-state index contributed by atoms with van der Waals surface area (Å²) in [7, 11) is 0. The summed E-state index contributed by atoms with van der Waals surface area (Å²) in [4.78, 5) is 12.3. The van der Waals surface area contributed by atoms with Crippen LogP contribution in [0.1, 0.15) is 11.1 Å². The summed E-state index contributed by atoms with van der Waals surface area (Å²) >= 11 is 1.55. The summed E-state index contributed by atoms with van der Waals surface area (Å²) in [5, 5.41) is 19.6. The molecule has 0 saturated heterocycles. The summed E-state index contributed by atoms with van der Waals surface area (Å²) in [6.07, 6.45) is 0. The monoisotopic (exact) mass is 275 g/mol. The number of hydrogen-bond acceptors (Lipinski definition) is 4. The predicted molar refractivity (Wildman–Crippen MR) is 74.3 cm³/mol. The molecule has 4 nitrogen and oxygen atoms in total. The van der Waals surface area contributed by atoms with Crippen molar-refractivity contribution in [2.24, 2.45) is 0 Å². The van der Waals surface area contributed by atoms with Crippen molar-refractivity contribution in [3.05, 3.63) is 63.7 Å². The Kier molecular flexibility index (Phi) is 4.19. The molecular formula is C14H13NO3S. The van der Waals surface area contributed by atoms with Crippen molar-refractivity contribution in [1.29, 1.82) is 0 Å². The number of nitro benzene ring substituents is 1. The lowest BCUT2D eigenvalue weighted by Crippen LogP contribution is -1.89. The van der Waals surface area contributed by atoms with Crippen molar-refractivity contribution in [3.63, 3.8) is 0 Å². The molecule has 0 heterocycles. The van der Waals surface area contributed by atoms with Gasteiger partial charge in [-0.05, 0) is 36.2 Å². The first-order valence-electron chi connectivity index (χ1n) is 5.73. The first-order valence-corrected chi connectivity index (χ1v) is 6.54. The highest BCUT2D eigenvalue weighted by Crippen LogP contribution is 2.32. The smallest absolute Gasteiger partial charge is 0.269 e. The molecule has 1 N–H and O–H groups in total. The van der Waals surface area contributed by atoms with E-state index in [1.165, 1.54) is 6.07 Å². The Morgan fingerprint density at radius 3 is 2.42 bits per heavy atom. The molecule has 0 aliphatic carbocycles. The van der Waals surface area contributed by atoms with Crippen molar-refractivity contribution in [2.75, 3.05) is 0 Å². The standard InChI is InChI=1S/C14H13NO3S/c1-10-8-12(15(17)18)4-7-14(10)19-13-5-2-11(9-16)3-6-13/h2-8,16H,9H2,1H3. The van der Waals surface area contributed by atoms with Gasteiger partial charge in [0.2, 0.25) is 0 Å². The molecule has 5 heteroatoms. The van der Waals surface area contributed by atoms with Gasteiger partial charge in [0.05, 0.1) is 11.5 Å². The van der Waals surface area contributed by atoms with E-state index in [9.17, 15) is 10.1 Å². The first kappa shape index (κ1) is 13.6. The largest absolute Gasteiger partial charge is 0.392 e. The third kappa shape index (κ3) is 3.33. The Morgan fingerprint density at radius 1 is 1.21 bits per heavy atom. The number of aryl methyl sites for hydroxylation is 1. The van der Waals surface area contributed by atoms with Gasteiger partial charge in [-0.25, -0.2) is 0 Å². The molecule has 0 saturated carbocycles. The fourth-order valence-electron chi connectivity index (χ4n) is 1.65. The predicted octanol–water partition coefficient (Wildman–Crippen LogP) is 3.55. The Hall–Kier alpha value is -1.85. The average Bonchev–Trinajstić information content (AvgIpc) is 2.41. The molecule has 0 radical (unpaired) electrons. The fourth-order valence-corrected chi connectivity index (χ4v) is 2.53. The van der Waals surface area contributed by atoms with E-state index >= 15 is 0 Å². The number of non-ortho nitro benzene ring substituents is 1. The minimum absolute atomic E-state index is 0.0293. The van der Waals surface area contributed by atoms with Crippen LogP contribution in [0.4, 0.5) is 5.69 Å². The molecule has 0 fully saturated rings. The maximum atomic E-state index is 10.7. The summed E-state index contributed by atoms with van der Waals surface area (Å²) in [6, 6.07) is 12.4. The van der Waals surface area contributed by atoms with Gasteiger partial charge in [0, 0.05) is 21.9 Å². The Balaban J connectivity index is 2.20. The molecule has 0 aliphatic rings. The second-order valence-electron chi connectivity index (χ2n) is 4.11. The maximum Gasteiger partial charge on any atom is 0.269 e. The van der Waals surface area contributed by atoms with Crippen LogP contribution in [0.3, 0.4) is 0 Å². The van der Waals surface area contributed by atoms with Crippen LogP contribution in [-0.2, 0) is 6.61 Å². The first-order chi connectivity index (χ1) is 9.10. The van der Waals surface area contributed by atoms with E-state index in [-0.39, 0.29) is 12.3 Å². The van der Waals surface area contributed by atoms with Crippen molar-refractivity contribution >= 4 is 17.4 Å². The molecule has 2 aromatic rings. The van der Waals surface area contributed by atoms with E-state index in [1.54, 1.807) is 23.9 Å². The van der Waals surface area contributed by atoms with E-state index in [0.717, 1.165) is 20.9 Å². The summed E-state index contributed by atoms with van der Waals surface area (Å²) in [5.41, 5.74) is 1.85. The second-order valence-corrected chi connectivity index (χ2v) is 5.23. The lowest BCUT2D eigenvalue weighted by molar-refractivity contribution is -0.385. The highest BCUT2D eigenvalue weighted by atomic mass is 32.2. The van der Waals surface area contributed by atoms with Crippen molar-refractivity contribution in [3.8, 4) is 0 Å². The van der Waals surface area contributed by atoms with Crippen LogP contribution in [0.15, 0.2) is 52.3 Å². The van der Waals surface area contributed by atoms with Crippen LogP contribution in [0.25, 0.3) is 0 Å². The topological polar surface area (TPSA) is 63.4 Å². The number of aliphatic hydroxyl groups is 1. The van der Waals surface area contributed by atoms with Gasteiger partial charge >= 0.3 is 0 Å². The van der Waals surface area contributed by atoms with E-state index in [2.05, 4.69) is 0 Å². The summed E-state index contributed by atoms with van der Waals surface area (Å²) < 4.78 is 0. The van der Waals surface area contributed by atoms with Gasteiger partial charge in [0.1, 0.15) is 0 Å². The van der Waals surface area contributed by atoms with Gasteiger partial charge in [-0.3, -0.25) is 10.1 Å². The summed E-state index contributed by atoms with van der Waals surface area (Å²) in [5.74, 6) is 0. The molecule has 2 aromatic carbocycles. The quantitative estimate of drug-likeness (QED) is 0.684. The molecule has 0 unspecified atom stereocenters. The van der Waals surface area contributed by atoms with E-state index in [0.29, 0.717) is 0 Å². The molecule has 2 rings (SSSR count). The molecule has 19 heavy (non-hydrogen) atoms. The highest BCUT2D eigenvalue weighted by Gasteiger charge is 2.08. The Labute approximate surface area is 115 Å². The molecule has 0 aromatic heterocycles. The van der Waals surface area contributed by atoms with Crippen LogP contribution in [-0.4, -0.2) is 10.0 Å². The maximum absolute atomic E-state index is 10.7. The van der Waals surface area contributed by atoms with Gasteiger partial charge in [0.15, 0.2) is 0 Å². The summed E-state index contributed by atoms with van der Waals surface area (Å²) in [6.45, 7) is 1.89. The van der Waals surface area contributed by atoms with Gasteiger partial charge in [-0.15, -0.1) is 0 Å². The van der Waals surface area contributed by atoms with Crippen molar-refractivity contribution in [1.82, 2.24) is 0 Å². The number of hydrogen-bond donors (Lipinski definition) is 1. The molecule has 0 spiro atoms. The SMILES string of the molecule is Cc1cc([N+](=O)[O-])ccc1Sc1ccc(CO)cc1. The number of aliphatic hydroxyl groups excluding tert-OH is 1. The van der Waals surface area contributed by atoms with Crippen molar-refractivity contribution < 1.29 is 10.0 Å². The number of nitro groups is 1. The third-order valence-electron chi connectivity index (χ3n) is 2.70. The van der Waals surface area contributed by atoms with E-state index in [1.807, 2.05) is 31.2 Å². The van der Waals surface area contributed by atoms with Crippen molar-refractivity contribution in [2.45, 2.75) is 23.3 Å². The minimum atomic E-state index is -0.391. The van der Waals surface area contributed by atoms with Gasteiger partial charge in [-0.1, -0.05) is 23.9 Å². The average molecular weight is 275 g/mol. The lowest BCUT2D eigenvalue weighted by Gasteiger charge is -2.06. The molecule has 0 amide bonds. The Bertz CT molecular complexity index is 596. The van der Waals surface area contributed by atoms with E-state index in [4.69, 9.17) is 5.11 Å². The normalized spacial score (nSPS) is 10.4. The lowest BCUT2D eigenvalue weighted by atomic mass is 10.2. The third-order valence-corrected chi connectivity index (χ3v) is 3.89. The van der Waals surface area contributed by atoms with Crippen LogP contribution in [0.5, 0.6) is 0 Å². The zero-order valence-electron chi connectivity index (χ0n) is 10.4. The number of benzene rings is 2. The molecule has 0 aliphatic heterocycles. The molecular weight excluding hydrogens is 262 g/mol.